The second-order valence-corrected chi connectivity index (χ2v) is 10.5. The molecule has 194 valence electrons. The van der Waals surface area contributed by atoms with Gasteiger partial charge in [-0.15, -0.1) is 0 Å². The molecule has 3 amide bonds. The zero-order valence-electron chi connectivity index (χ0n) is 21.5. The zero-order chi connectivity index (χ0) is 27.0. The minimum atomic E-state index is -0.881. The van der Waals surface area contributed by atoms with Crippen molar-refractivity contribution in [1.29, 1.82) is 0 Å². The molecule has 1 saturated heterocycles. The van der Waals surface area contributed by atoms with Gasteiger partial charge in [-0.2, -0.15) is 0 Å². The van der Waals surface area contributed by atoms with Crippen LogP contribution in [0.1, 0.15) is 39.2 Å². The van der Waals surface area contributed by atoms with E-state index >= 15 is 0 Å². The third-order valence-electron chi connectivity index (χ3n) is 7.16. The first-order valence-electron chi connectivity index (χ1n) is 12.6. The van der Waals surface area contributed by atoms with E-state index in [-0.39, 0.29) is 24.7 Å². The Morgan fingerprint density at radius 3 is 2.39 bits per heavy atom. The average Bonchev–Trinajstić information content (AvgIpc) is 3.46. The van der Waals surface area contributed by atoms with E-state index < -0.39 is 17.5 Å². The number of nitrogens with zero attached hydrogens (tertiary/aromatic N) is 3. The summed E-state index contributed by atoms with van der Waals surface area (Å²) in [5, 5.41) is 0.585. The molecule has 7 nitrogen and oxygen atoms in total. The first-order chi connectivity index (χ1) is 18.2. The maximum Gasteiger partial charge on any atom is 0.257 e. The number of aromatic nitrogens is 1. The summed E-state index contributed by atoms with van der Waals surface area (Å²) in [7, 11) is 0. The summed E-state index contributed by atoms with van der Waals surface area (Å²) < 4.78 is 5.83. The normalized spacial score (nSPS) is 15.9. The highest BCUT2D eigenvalue weighted by atomic mass is 35.5. The quantitative estimate of drug-likeness (QED) is 0.272. The van der Waals surface area contributed by atoms with Gasteiger partial charge in [-0.05, 0) is 74.4 Å². The Labute approximate surface area is 226 Å². The third kappa shape index (κ3) is 4.82. The molecule has 8 heteroatoms. The number of halogens is 1. The topological polar surface area (TPSA) is 83.7 Å². The SMILES string of the molecule is CCC(C)(C)N(C(=O)Cc1ccc(Cl)cc1)C1CC(=O)N(c2ccc(-c3nc4ccccc4o3)cc2)C1=O. The Balaban J connectivity index is 1.40. The molecule has 0 aliphatic carbocycles. The van der Waals surface area contributed by atoms with Gasteiger partial charge in [-0.1, -0.05) is 42.8 Å². The van der Waals surface area contributed by atoms with Gasteiger partial charge in [-0.25, -0.2) is 9.88 Å². The van der Waals surface area contributed by atoms with Crippen LogP contribution in [0.15, 0.2) is 77.2 Å². The molecule has 0 N–H and O–H groups in total. The molecule has 5 rings (SSSR count). The maximum atomic E-state index is 13.7. The van der Waals surface area contributed by atoms with Gasteiger partial charge in [0.2, 0.25) is 17.7 Å². The molecule has 1 aliphatic rings. The van der Waals surface area contributed by atoms with Gasteiger partial charge in [0.1, 0.15) is 11.6 Å². The molecule has 0 saturated carbocycles. The van der Waals surface area contributed by atoms with Crippen molar-refractivity contribution in [3.05, 3.63) is 83.4 Å². The van der Waals surface area contributed by atoms with Crippen LogP contribution in [0.2, 0.25) is 5.02 Å². The van der Waals surface area contributed by atoms with E-state index in [0.717, 1.165) is 16.6 Å². The Kier molecular flexibility index (Phi) is 6.80. The number of amides is 3. The Hall–Kier alpha value is -3.97. The lowest BCUT2D eigenvalue weighted by atomic mass is 9.94. The third-order valence-corrected chi connectivity index (χ3v) is 7.41. The van der Waals surface area contributed by atoms with Crippen LogP contribution in [0, 0.1) is 0 Å². The lowest BCUT2D eigenvalue weighted by molar-refractivity contribution is -0.144. The Morgan fingerprint density at radius 1 is 1.05 bits per heavy atom. The summed E-state index contributed by atoms with van der Waals surface area (Å²) in [5.41, 5.74) is 2.77. The molecular formula is C30H28ClN3O4. The molecule has 1 aromatic heterocycles. The van der Waals surface area contributed by atoms with Crippen molar-refractivity contribution in [3.8, 4) is 11.5 Å². The molecule has 1 atom stereocenters. The fourth-order valence-corrected chi connectivity index (χ4v) is 4.93. The number of carbonyl (C=O) groups is 3. The molecule has 3 aromatic carbocycles. The number of oxazole rings is 1. The Bertz CT molecular complexity index is 1480. The van der Waals surface area contributed by atoms with Crippen LogP contribution in [-0.2, 0) is 20.8 Å². The molecule has 2 heterocycles. The molecular weight excluding hydrogens is 502 g/mol. The van der Waals surface area contributed by atoms with Crippen molar-refractivity contribution < 1.29 is 18.8 Å². The predicted molar refractivity (Wildman–Crippen MR) is 147 cm³/mol. The number of fused-ring (bicyclic) bond motifs is 1. The van der Waals surface area contributed by atoms with Gasteiger partial charge in [0.25, 0.3) is 5.91 Å². The second-order valence-electron chi connectivity index (χ2n) is 10.1. The van der Waals surface area contributed by atoms with Gasteiger partial charge in [0, 0.05) is 16.1 Å². The van der Waals surface area contributed by atoms with Crippen LogP contribution >= 0.6 is 11.6 Å². The van der Waals surface area contributed by atoms with Gasteiger partial charge in [0.15, 0.2) is 5.58 Å². The van der Waals surface area contributed by atoms with Crippen LogP contribution in [0.3, 0.4) is 0 Å². The first-order valence-corrected chi connectivity index (χ1v) is 12.9. The molecule has 1 unspecified atom stereocenters. The van der Waals surface area contributed by atoms with E-state index in [4.69, 9.17) is 16.0 Å². The number of hydrogen-bond acceptors (Lipinski definition) is 5. The number of imide groups is 1. The summed E-state index contributed by atoms with van der Waals surface area (Å²) in [5.74, 6) is -0.502. The van der Waals surface area contributed by atoms with Crippen molar-refractivity contribution in [2.45, 2.75) is 51.6 Å². The lowest BCUT2D eigenvalue weighted by Crippen LogP contribution is -2.56. The van der Waals surface area contributed by atoms with Gasteiger partial charge < -0.3 is 9.32 Å². The highest BCUT2D eigenvalue weighted by Crippen LogP contribution is 2.33. The standard InChI is InChI=1S/C30H28ClN3O4/c1-4-30(2,3)34(27(36)17-19-9-13-21(31)14-10-19)24-18-26(35)33(29(24)37)22-15-11-20(12-16-22)28-32-23-7-5-6-8-25(23)38-28/h5-16,24H,4,17-18H2,1-3H3. The van der Waals surface area contributed by atoms with E-state index in [1.165, 1.54) is 4.90 Å². The van der Waals surface area contributed by atoms with Crippen molar-refractivity contribution in [3.63, 3.8) is 0 Å². The highest BCUT2D eigenvalue weighted by molar-refractivity contribution is 6.30. The maximum absolute atomic E-state index is 13.7. The molecule has 0 spiro atoms. The molecule has 1 fully saturated rings. The number of benzene rings is 3. The smallest absolute Gasteiger partial charge is 0.257 e. The van der Waals surface area contributed by atoms with Crippen molar-refractivity contribution in [2.75, 3.05) is 4.90 Å². The monoisotopic (exact) mass is 529 g/mol. The minimum absolute atomic E-state index is 0.0680. The summed E-state index contributed by atoms with van der Waals surface area (Å²) in [6.45, 7) is 5.80. The molecule has 38 heavy (non-hydrogen) atoms. The lowest BCUT2D eigenvalue weighted by Gasteiger charge is -2.41. The number of rotatable bonds is 7. The van der Waals surface area contributed by atoms with E-state index in [2.05, 4.69) is 4.98 Å². The largest absolute Gasteiger partial charge is 0.436 e. The van der Waals surface area contributed by atoms with Gasteiger partial charge >= 0.3 is 0 Å². The van der Waals surface area contributed by atoms with E-state index in [1.54, 1.807) is 53.4 Å². The van der Waals surface area contributed by atoms with Crippen molar-refractivity contribution >= 4 is 46.1 Å². The number of para-hydroxylation sites is 2. The van der Waals surface area contributed by atoms with Crippen molar-refractivity contribution in [2.24, 2.45) is 0 Å². The molecule has 4 aromatic rings. The van der Waals surface area contributed by atoms with E-state index in [0.29, 0.717) is 28.6 Å². The van der Waals surface area contributed by atoms with Gasteiger partial charge in [-0.3, -0.25) is 14.4 Å². The second kappa shape index (κ2) is 10.1. The molecule has 1 aliphatic heterocycles. The average molecular weight is 530 g/mol. The number of anilines is 1. The summed E-state index contributed by atoms with van der Waals surface area (Å²) in [4.78, 5) is 47.6. The fraction of sp³-hybridized carbons (Fsp3) is 0.267. The fourth-order valence-electron chi connectivity index (χ4n) is 4.80. The highest BCUT2D eigenvalue weighted by Gasteiger charge is 2.48. The van der Waals surface area contributed by atoms with Crippen molar-refractivity contribution in [1.82, 2.24) is 9.88 Å². The van der Waals surface area contributed by atoms with E-state index in [9.17, 15) is 14.4 Å². The van der Waals surface area contributed by atoms with E-state index in [1.807, 2.05) is 45.0 Å². The zero-order valence-corrected chi connectivity index (χ0v) is 22.2. The molecule has 0 bridgehead atoms. The molecule has 0 radical (unpaired) electrons. The number of carbonyl (C=O) groups excluding carboxylic acids is 3. The summed E-state index contributed by atoms with van der Waals surface area (Å²) >= 11 is 5.99. The van der Waals surface area contributed by atoms with Gasteiger partial charge in [0.05, 0.1) is 18.5 Å². The minimum Gasteiger partial charge on any atom is -0.436 e. The number of hydrogen-bond donors (Lipinski definition) is 0. The first kappa shape index (κ1) is 25.7. The van der Waals surface area contributed by atoms with Crippen LogP contribution in [0.4, 0.5) is 5.69 Å². The summed E-state index contributed by atoms with van der Waals surface area (Å²) in [6.07, 6.45) is 0.662. The summed E-state index contributed by atoms with van der Waals surface area (Å²) in [6, 6.07) is 20.6. The predicted octanol–water partition coefficient (Wildman–Crippen LogP) is 6.04. The Morgan fingerprint density at radius 2 is 1.74 bits per heavy atom. The van der Waals surface area contributed by atoms with Crippen LogP contribution in [0.5, 0.6) is 0 Å². The van der Waals surface area contributed by atoms with Crippen LogP contribution in [-0.4, -0.2) is 39.2 Å². The van der Waals surface area contributed by atoms with Crippen LogP contribution in [0.25, 0.3) is 22.6 Å². The van der Waals surface area contributed by atoms with Crippen LogP contribution < -0.4 is 4.90 Å².